The minimum atomic E-state index is -0.0154. The maximum atomic E-state index is 10.9. The zero-order valence-corrected chi connectivity index (χ0v) is 8.59. The zero-order chi connectivity index (χ0) is 10.4. The van der Waals surface area contributed by atoms with E-state index in [4.69, 9.17) is 5.11 Å². The lowest BCUT2D eigenvalue weighted by Crippen LogP contribution is -1.94. The summed E-state index contributed by atoms with van der Waals surface area (Å²) in [5.74, 6) is 0.124. The van der Waals surface area contributed by atoms with E-state index in [-0.39, 0.29) is 11.5 Å². The van der Waals surface area contributed by atoms with Crippen molar-refractivity contribution in [3.8, 4) is 5.75 Å². The van der Waals surface area contributed by atoms with E-state index in [1.807, 2.05) is 20.8 Å². The Bertz CT molecular complexity index is 290. The Kier molecular flexibility index (Phi) is 4.82. The van der Waals surface area contributed by atoms with E-state index in [0.717, 1.165) is 5.56 Å². The van der Waals surface area contributed by atoms with E-state index in [1.54, 1.807) is 12.1 Å². The van der Waals surface area contributed by atoms with Crippen molar-refractivity contribution in [3.63, 3.8) is 0 Å². The Morgan fingerprint density at radius 3 is 2.23 bits per heavy atom. The van der Waals surface area contributed by atoms with Gasteiger partial charge in [-0.25, -0.2) is 0 Å². The van der Waals surface area contributed by atoms with Gasteiger partial charge in [0.25, 0.3) is 0 Å². The van der Waals surface area contributed by atoms with Crippen LogP contribution in [0.4, 0.5) is 0 Å². The predicted octanol–water partition coefficient (Wildman–Crippen LogP) is 2.93. The summed E-state index contributed by atoms with van der Waals surface area (Å²) in [4.78, 5) is 10.9. The third-order valence-electron chi connectivity index (χ3n) is 1.60. The average molecular weight is 180 g/mol. The number of phenolic OH excluding ortho intramolecular Hbond substituents is 1. The molecule has 0 fully saturated rings. The number of Topliss-reactive ketones (excluding diaryl/α,β-unsaturated/α-hetero) is 1. The summed E-state index contributed by atoms with van der Waals surface area (Å²) in [5, 5.41) is 9.03. The lowest BCUT2D eigenvalue weighted by molar-refractivity contribution is 0.101. The van der Waals surface area contributed by atoms with E-state index in [9.17, 15) is 4.79 Å². The highest BCUT2D eigenvalue weighted by Crippen LogP contribution is 2.15. The molecule has 0 atom stereocenters. The van der Waals surface area contributed by atoms with Crippen LogP contribution in [0.25, 0.3) is 0 Å². The van der Waals surface area contributed by atoms with Gasteiger partial charge in [-0.05, 0) is 31.5 Å². The van der Waals surface area contributed by atoms with Gasteiger partial charge in [0.15, 0.2) is 5.78 Å². The maximum absolute atomic E-state index is 10.9. The van der Waals surface area contributed by atoms with E-state index < -0.39 is 0 Å². The molecular weight excluding hydrogens is 164 g/mol. The fraction of sp³-hybridized carbons (Fsp3) is 0.364. The molecule has 1 rings (SSSR count). The third-order valence-corrected chi connectivity index (χ3v) is 1.60. The lowest BCUT2D eigenvalue weighted by atomic mass is 10.1. The van der Waals surface area contributed by atoms with Crippen LogP contribution in [-0.2, 0) is 0 Å². The van der Waals surface area contributed by atoms with Gasteiger partial charge >= 0.3 is 0 Å². The van der Waals surface area contributed by atoms with Crippen molar-refractivity contribution in [2.24, 2.45) is 0 Å². The van der Waals surface area contributed by atoms with Crippen LogP contribution in [-0.4, -0.2) is 10.9 Å². The molecule has 72 valence electrons. The van der Waals surface area contributed by atoms with Gasteiger partial charge in [0, 0.05) is 5.56 Å². The maximum Gasteiger partial charge on any atom is 0.160 e. The number of benzene rings is 1. The first kappa shape index (κ1) is 11.7. The van der Waals surface area contributed by atoms with E-state index in [0.29, 0.717) is 5.56 Å². The molecule has 13 heavy (non-hydrogen) atoms. The summed E-state index contributed by atoms with van der Waals surface area (Å²) in [6, 6.07) is 4.78. The number of rotatable bonds is 1. The second-order valence-electron chi connectivity index (χ2n) is 2.56. The van der Waals surface area contributed by atoms with Gasteiger partial charge in [-0.15, -0.1) is 0 Å². The van der Waals surface area contributed by atoms with Crippen LogP contribution in [0.15, 0.2) is 18.2 Å². The van der Waals surface area contributed by atoms with Gasteiger partial charge in [-0.2, -0.15) is 0 Å². The summed E-state index contributed by atoms with van der Waals surface area (Å²) >= 11 is 0. The highest BCUT2D eigenvalue weighted by molar-refractivity contribution is 5.95. The van der Waals surface area contributed by atoms with Crippen molar-refractivity contribution in [3.05, 3.63) is 29.3 Å². The first-order valence-electron chi connectivity index (χ1n) is 4.42. The number of ketones is 1. The quantitative estimate of drug-likeness (QED) is 0.675. The summed E-state index contributed by atoms with van der Waals surface area (Å²) in [6.45, 7) is 7.33. The Labute approximate surface area is 79.2 Å². The summed E-state index contributed by atoms with van der Waals surface area (Å²) in [6.07, 6.45) is 0. The molecule has 0 radical (unpaired) electrons. The van der Waals surface area contributed by atoms with Crippen molar-refractivity contribution >= 4 is 5.78 Å². The van der Waals surface area contributed by atoms with Crippen LogP contribution < -0.4 is 0 Å². The number of aryl methyl sites for hydroxylation is 1. The lowest BCUT2D eigenvalue weighted by Gasteiger charge is -2.00. The van der Waals surface area contributed by atoms with Crippen molar-refractivity contribution in [2.75, 3.05) is 0 Å². The predicted molar refractivity (Wildman–Crippen MR) is 54.2 cm³/mol. The molecule has 0 heterocycles. The largest absolute Gasteiger partial charge is 0.508 e. The molecule has 0 aliphatic heterocycles. The zero-order valence-electron chi connectivity index (χ0n) is 8.59. The molecule has 0 spiro atoms. The highest BCUT2D eigenvalue weighted by Gasteiger charge is 2.03. The SMILES string of the molecule is CC.CC(=O)c1cc(O)ccc1C. The number of carbonyl (C=O) groups is 1. The van der Waals surface area contributed by atoms with Gasteiger partial charge in [0.1, 0.15) is 5.75 Å². The average Bonchev–Trinajstić information content (AvgIpc) is 2.12. The van der Waals surface area contributed by atoms with Crippen molar-refractivity contribution < 1.29 is 9.90 Å². The minimum Gasteiger partial charge on any atom is -0.508 e. The van der Waals surface area contributed by atoms with Crippen LogP contribution in [0.5, 0.6) is 5.75 Å². The molecule has 0 aliphatic carbocycles. The molecule has 1 aromatic rings. The van der Waals surface area contributed by atoms with Crippen molar-refractivity contribution in [2.45, 2.75) is 27.7 Å². The molecule has 0 saturated heterocycles. The normalized spacial score (nSPS) is 8.62. The molecule has 0 aliphatic rings. The summed E-state index contributed by atoms with van der Waals surface area (Å²) < 4.78 is 0. The molecule has 2 nitrogen and oxygen atoms in total. The smallest absolute Gasteiger partial charge is 0.160 e. The molecule has 0 amide bonds. The molecule has 0 saturated carbocycles. The van der Waals surface area contributed by atoms with Crippen LogP contribution in [0, 0.1) is 6.92 Å². The van der Waals surface area contributed by atoms with Gasteiger partial charge in [-0.3, -0.25) is 4.79 Å². The van der Waals surface area contributed by atoms with Gasteiger partial charge in [0.05, 0.1) is 0 Å². The Hall–Kier alpha value is -1.31. The van der Waals surface area contributed by atoms with E-state index >= 15 is 0 Å². The van der Waals surface area contributed by atoms with Gasteiger partial charge in [0.2, 0.25) is 0 Å². The first-order valence-corrected chi connectivity index (χ1v) is 4.42. The number of hydrogen-bond acceptors (Lipinski definition) is 2. The fourth-order valence-electron chi connectivity index (χ4n) is 0.989. The van der Waals surface area contributed by atoms with Gasteiger partial charge in [-0.1, -0.05) is 19.9 Å². The monoisotopic (exact) mass is 180 g/mol. The highest BCUT2D eigenvalue weighted by atomic mass is 16.3. The Balaban J connectivity index is 0.000000671. The summed E-state index contributed by atoms with van der Waals surface area (Å²) in [7, 11) is 0. The Morgan fingerprint density at radius 2 is 1.85 bits per heavy atom. The topological polar surface area (TPSA) is 37.3 Å². The number of phenols is 1. The minimum absolute atomic E-state index is 0.0154. The number of hydrogen-bond donors (Lipinski definition) is 1. The second-order valence-corrected chi connectivity index (χ2v) is 2.56. The van der Waals surface area contributed by atoms with Crippen LogP contribution in [0.3, 0.4) is 0 Å². The van der Waals surface area contributed by atoms with E-state index in [1.165, 1.54) is 13.0 Å². The van der Waals surface area contributed by atoms with E-state index in [2.05, 4.69) is 0 Å². The molecule has 1 aromatic carbocycles. The number of aromatic hydroxyl groups is 1. The third kappa shape index (κ3) is 3.28. The van der Waals surface area contributed by atoms with Gasteiger partial charge < -0.3 is 5.11 Å². The molecule has 2 heteroatoms. The first-order chi connectivity index (χ1) is 6.11. The second kappa shape index (κ2) is 5.36. The molecule has 0 aromatic heterocycles. The molecule has 0 unspecified atom stereocenters. The molecular formula is C11H16O2. The van der Waals surface area contributed by atoms with Crippen LogP contribution in [0.1, 0.15) is 36.7 Å². The standard InChI is InChI=1S/C9H10O2.C2H6/c1-6-3-4-8(11)5-9(6)7(2)10;1-2/h3-5,11H,1-2H3;1-2H3. The fourth-order valence-corrected chi connectivity index (χ4v) is 0.989. The van der Waals surface area contributed by atoms with Crippen LogP contribution >= 0.6 is 0 Å². The van der Waals surface area contributed by atoms with Crippen molar-refractivity contribution in [1.82, 2.24) is 0 Å². The number of carbonyl (C=O) groups excluding carboxylic acids is 1. The summed E-state index contributed by atoms with van der Waals surface area (Å²) in [5.41, 5.74) is 1.49. The van der Waals surface area contributed by atoms with Crippen molar-refractivity contribution in [1.29, 1.82) is 0 Å². The van der Waals surface area contributed by atoms with Crippen LogP contribution in [0.2, 0.25) is 0 Å². The molecule has 0 bridgehead atoms. The molecule has 1 N–H and O–H groups in total. The Morgan fingerprint density at radius 1 is 1.31 bits per heavy atom.